The maximum Gasteiger partial charge on any atom is 0.255 e. The van der Waals surface area contributed by atoms with Crippen LogP contribution in [0.5, 0.6) is 0 Å². The first kappa shape index (κ1) is 35.7. The van der Waals surface area contributed by atoms with Crippen LogP contribution >= 0.6 is 0 Å². The molecule has 0 heterocycles. The second-order valence-corrected chi connectivity index (χ2v) is 14.2. The van der Waals surface area contributed by atoms with E-state index in [0.29, 0.717) is 12.8 Å². The fraction of sp³-hybridized carbons (Fsp3) is 0.622. The molecule has 2 aromatic rings. The lowest BCUT2D eigenvalue weighted by molar-refractivity contribution is -0.179. The highest BCUT2D eigenvalue weighted by molar-refractivity contribution is 6.20. The van der Waals surface area contributed by atoms with E-state index < -0.39 is 58.9 Å². The van der Waals surface area contributed by atoms with Gasteiger partial charge in [-0.15, -0.1) is 0 Å². The molecule has 6 atom stereocenters. The zero-order valence-corrected chi connectivity index (χ0v) is 28.1. The Balaban J connectivity index is 1.87. The molecule has 0 radical (unpaired) electrons. The molecule has 46 heavy (non-hydrogen) atoms. The summed E-state index contributed by atoms with van der Waals surface area (Å²) in [7, 11) is 0. The highest BCUT2D eigenvalue weighted by Gasteiger charge is 2.68. The van der Waals surface area contributed by atoms with Gasteiger partial charge < -0.3 is 26.2 Å². The number of Topliss-reactive ketones (excluding diaryl/α,β-unsaturated/α-hetero) is 2. The summed E-state index contributed by atoms with van der Waals surface area (Å²) in [6.45, 7) is 8.79. The van der Waals surface area contributed by atoms with E-state index in [1.807, 2.05) is 56.3 Å². The van der Waals surface area contributed by atoms with Crippen molar-refractivity contribution in [3.05, 3.63) is 48.0 Å². The number of fused-ring (bicyclic) bond motifs is 1. The molecule has 2 amide bonds. The highest BCUT2D eigenvalue weighted by atomic mass is 16.3. The summed E-state index contributed by atoms with van der Waals surface area (Å²) in [5.41, 5.74) is 3.34. The molecule has 0 saturated heterocycles. The standard InChI is InChI=1S/C37H53N3O6/c1-6-36(5)31(42)18-19-32(43)37(36,40(34(45)24(4)38)28-14-8-7-9-15-28)35(46)39-29(33(44)30(41)20-23(2)3)22-25-16-17-26-12-10-11-13-27(26)21-25/h10-13,16-17,21,23-24,28-30,33,41,44H,6-9,14-15,18-20,22,38H2,1-5H3,(H,39,46)/t24-,29-,30-,33+,36-,37+/m0/s1. The zero-order valence-electron chi connectivity index (χ0n) is 28.1. The van der Waals surface area contributed by atoms with Crippen LogP contribution in [0.2, 0.25) is 0 Å². The van der Waals surface area contributed by atoms with Gasteiger partial charge in [-0.3, -0.25) is 19.2 Å². The maximum absolute atomic E-state index is 15.1. The van der Waals surface area contributed by atoms with Crippen molar-refractivity contribution >= 4 is 34.2 Å². The van der Waals surface area contributed by atoms with Crippen molar-refractivity contribution in [2.75, 3.05) is 0 Å². The fourth-order valence-electron chi connectivity index (χ4n) is 7.75. The number of ketones is 2. The molecule has 2 aliphatic rings. The van der Waals surface area contributed by atoms with Crippen LogP contribution in [0.25, 0.3) is 10.8 Å². The van der Waals surface area contributed by atoms with E-state index in [1.165, 1.54) is 11.8 Å². The second-order valence-electron chi connectivity index (χ2n) is 14.2. The zero-order chi connectivity index (χ0) is 33.8. The third-order valence-corrected chi connectivity index (χ3v) is 10.5. The number of carbonyl (C=O) groups excluding carboxylic acids is 4. The lowest BCUT2D eigenvalue weighted by atomic mass is 9.57. The van der Waals surface area contributed by atoms with Crippen molar-refractivity contribution in [2.45, 2.75) is 135 Å². The summed E-state index contributed by atoms with van der Waals surface area (Å²) in [5.74, 6) is -2.02. The SMILES string of the molecule is CC[C@@]1(C)C(=O)CCC(=O)[C@]1(C(=O)N[C@@H](Cc1ccc2ccccc2c1)[C@@H](O)[C@@H](O)CC(C)C)N(C(=O)[C@H](C)N)C1CCCCC1. The molecule has 4 rings (SSSR count). The molecule has 9 heteroatoms. The molecular formula is C37H53N3O6. The van der Waals surface area contributed by atoms with Gasteiger partial charge in [0.05, 0.1) is 23.6 Å². The summed E-state index contributed by atoms with van der Waals surface area (Å²) in [6, 6.07) is 11.2. The lowest BCUT2D eigenvalue weighted by Crippen LogP contribution is -2.79. The van der Waals surface area contributed by atoms with E-state index >= 15 is 4.79 Å². The molecule has 0 aliphatic heterocycles. The predicted octanol–water partition coefficient (Wildman–Crippen LogP) is 4.23. The number of nitrogens with one attached hydrogen (secondary N) is 1. The number of aliphatic hydroxyl groups excluding tert-OH is 2. The molecule has 0 spiro atoms. The lowest BCUT2D eigenvalue weighted by Gasteiger charge is -2.56. The molecule has 2 aliphatic carbocycles. The van der Waals surface area contributed by atoms with E-state index in [2.05, 4.69) is 5.32 Å². The van der Waals surface area contributed by atoms with Gasteiger partial charge in [-0.25, -0.2) is 0 Å². The van der Waals surface area contributed by atoms with Crippen LogP contribution in [-0.4, -0.2) is 74.4 Å². The van der Waals surface area contributed by atoms with Gasteiger partial charge >= 0.3 is 0 Å². The average Bonchev–Trinajstić information content (AvgIpc) is 3.03. The monoisotopic (exact) mass is 635 g/mol. The Hall–Kier alpha value is -3.14. The molecule has 0 bridgehead atoms. The van der Waals surface area contributed by atoms with Gasteiger partial charge in [0.2, 0.25) is 5.91 Å². The van der Waals surface area contributed by atoms with E-state index in [-0.39, 0.29) is 43.8 Å². The van der Waals surface area contributed by atoms with Gasteiger partial charge in [-0.1, -0.05) is 82.5 Å². The minimum atomic E-state index is -2.16. The fourth-order valence-corrected chi connectivity index (χ4v) is 7.75. The second kappa shape index (κ2) is 14.7. The van der Waals surface area contributed by atoms with Crippen molar-refractivity contribution in [3.63, 3.8) is 0 Å². The number of nitrogens with two attached hydrogens (primary N) is 1. The van der Waals surface area contributed by atoms with E-state index in [9.17, 15) is 24.6 Å². The molecule has 0 aromatic heterocycles. The van der Waals surface area contributed by atoms with E-state index in [4.69, 9.17) is 5.73 Å². The molecule has 252 valence electrons. The van der Waals surface area contributed by atoms with Gasteiger partial charge in [-0.05, 0) is 68.2 Å². The van der Waals surface area contributed by atoms with Crippen molar-refractivity contribution in [2.24, 2.45) is 17.1 Å². The van der Waals surface area contributed by atoms with Gasteiger partial charge in [0.25, 0.3) is 5.91 Å². The van der Waals surface area contributed by atoms with Gasteiger partial charge in [0, 0.05) is 18.9 Å². The van der Waals surface area contributed by atoms with Crippen molar-refractivity contribution in [3.8, 4) is 0 Å². The van der Waals surface area contributed by atoms with Gasteiger partial charge in [-0.2, -0.15) is 0 Å². The van der Waals surface area contributed by atoms with Crippen molar-refractivity contribution in [1.82, 2.24) is 10.2 Å². The Morgan fingerprint density at radius 1 is 0.978 bits per heavy atom. The van der Waals surface area contributed by atoms with Crippen LogP contribution in [0.1, 0.15) is 98.0 Å². The van der Waals surface area contributed by atoms with Crippen LogP contribution in [0.4, 0.5) is 0 Å². The van der Waals surface area contributed by atoms with Crippen LogP contribution in [0.15, 0.2) is 42.5 Å². The number of nitrogens with zero attached hydrogens (tertiary/aromatic N) is 1. The number of benzene rings is 2. The minimum Gasteiger partial charge on any atom is -0.390 e. The van der Waals surface area contributed by atoms with Gasteiger partial charge in [0.15, 0.2) is 11.3 Å². The molecule has 2 aromatic carbocycles. The Kier molecular flexibility index (Phi) is 11.4. The quantitative estimate of drug-likeness (QED) is 0.255. The Labute approximate surface area is 273 Å². The average molecular weight is 636 g/mol. The van der Waals surface area contributed by atoms with Crippen LogP contribution in [-0.2, 0) is 25.6 Å². The number of amides is 2. The van der Waals surface area contributed by atoms with E-state index in [0.717, 1.165) is 35.6 Å². The predicted molar refractivity (Wildman–Crippen MR) is 179 cm³/mol. The van der Waals surface area contributed by atoms with Gasteiger partial charge in [0.1, 0.15) is 11.9 Å². The topological polar surface area (TPSA) is 150 Å². The minimum absolute atomic E-state index is 0.0146. The van der Waals surface area contributed by atoms with Crippen LogP contribution < -0.4 is 11.1 Å². The molecule has 2 fully saturated rings. The molecule has 5 N–H and O–H groups in total. The number of hydrogen-bond donors (Lipinski definition) is 4. The Bertz CT molecular complexity index is 1420. The largest absolute Gasteiger partial charge is 0.390 e. The van der Waals surface area contributed by atoms with E-state index in [1.54, 1.807) is 13.8 Å². The molecule has 2 saturated carbocycles. The third-order valence-electron chi connectivity index (χ3n) is 10.5. The summed E-state index contributed by atoms with van der Waals surface area (Å²) in [5, 5.41) is 27.7. The summed E-state index contributed by atoms with van der Waals surface area (Å²) in [4.78, 5) is 59.0. The van der Waals surface area contributed by atoms with Crippen LogP contribution in [0.3, 0.4) is 0 Å². The number of aliphatic hydroxyl groups is 2. The molecule has 0 unspecified atom stereocenters. The smallest absolute Gasteiger partial charge is 0.255 e. The Morgan fingerprint density at radius 3 is 2.22 bits per heavy atom. The molecule has 9 nitrogen and oxygen atoms in total. The number of rotatable bonds is 12. The first-order valence-corrected chi connectivity index (χ1v) is 17.1. The molecular weight excluding hydrogens is 582 g/mol. The first-order valence-electron chi connectivity index (χ1n) is 17.1. The normalized spacial score (nSPS) is 25.2. The number of carbonyl (C=O) groups is 4. The third kappa shape index (κ3) is 6.78. The summed E-state index contributed by atoms with van der Waals surface area (Å²) < 4.78 is 0. The van der Waals surface area contributed by atoms with Crippen LogP contribution in [0, 0.1) is 11.3 Å². The first-order chi connectivity index (χ1) is 21.8. The summed E-state index contributed by atoms with van der Waals surface area (Å²) in [6.07, 6.45) is 1.64. The summed E-state index contributed by atoms with van der Waals surface area (Å²) >= 11 is 0. The van der Waals surface area contributed by atoms with Crippen molar-refractivity contribution < 1.29 is 29.4 Å². The van der Waals surface area contributed by atoms with Crippen molar-refractivity contribution in [1.29, 1.82) is 0 Å². The Morgan fingerprint density at radius 2 is 1.61 bits per heavy atom. The maximum atomic E-state index is 15.1. The highest BCUT2D eigenvalue weighted by Crippen LogP contribution is 2.49. The number of hydrogen-bond acceptors (Lipinski definition) is 7.